The lowest BCUT2D eigenvalue weighted by Crippen LogP contribution is -2.37. The highest BCUT2D eigenvalue weighted by Gasteiger charge is 2.40. The van der Waals surface area contributed by atoms with Crippen LogP contribution in [0.1, 0.15) is 69.5 Å². The van der Waals surface area contributed by atoms with Crippen molar-refractivity contribution in [2.45, 2.75) is 65.3 Å². The third kappa shape index (κ3) is 3.00. The van der Waals surface area contributed by atoms with E-state index in [2.05, 4.69) is 43.3 Å². The molecule has 19 heavy (non-hydrogen) atoms. The SMILES string of the molecule is CCCNC(c1cnccc1C)C1(CC)CCCC1. The van der Waals surface area contributed by atoms with Gasteiger partial charge in [0.05, 0.1) is 0 Å². The number of nitrogens with zero attached hydrogens (tertiary/aromatic N) is 1. The van der Waals surface area contributed by atoms with Crippen molar-refractivity contribution in [3.8, 4) is 0 Å². The largest absolute Gasteiger partial charge is 0.309 e. The maximum Gasteiger partial charge on any atom is 0.0395 e. The maximum atomic E-state index is 4.37. The van der Waals surface area contributed by atoms with E-state index in [4.69, 9.17) is 0 Å². The van der Waals surface area contributed by atoms with Gasteiger partial charge in [-0.2, -0.15) is 0 Å². The maximum absolute atomic E-state index is 4.37. The van der Waals surface area contributed by atoms with E-state index in [1.807, 2.05) is 6.20 Å². The van der Waals surface area contributed by atoms with Crippen LogP contribution in [0, 0.1) is 12.3 Å². The van der Waals surface area contributed by atoms with Crippen molar-refractivity contribution in [2.24, 2.45) is 5.41 Å². The Morgan fingerprint density at radius 2 is 2.05 bits per heavy atom. The molecule has 0 radical (unpaired) electrons. The molecule has 0 spiro atoms. The Morgan fingerprint density at radius 3 is 2.63 bits per heavy atom. The fraction of sp³-hybridized carbons (Fsp3) is 0.706. The van der Waals surface area contributed by atoms with Gasteiger partial charge in [-0.25, -0.2) is 0 Å². The van der Waals surface area contributed by atoms with Crippen LogP contribution in [0.5, 0.6) is 0 Å². The van der Waals surface area contributed by atoms with E-state index in [9.17, 15) is 0 Å². The van der Waals surface area contributed by atoms with Gasteiger partial charge in [0.1, 0.15) is 0 Å². The summed E-state index contributed by atoms with van der Waals surface area (Å²) in [6.07, 6.45) is 11.9. The molecule has 1 aliphatic carbocycles. The Bertz CT molecular complexity index is 394. The van der Waals surface area contributed by atoms with Crippen molar-refractivity contribution in [3.63, 3.8) is 0 Å². The van der Waals surface area contributed by atoms with Crippen molar-refractivity contribution in [1.82, 2.24) is 10.3 Å². The van der Waals surface area contributed by atoms with E-state index in [1.54, 1.807) is 0 Å². The first kappa shape index (κ1) is 14.5. The zero-order valence-electron chi connectivity index (χ0n) is 12.7. The molecule has 106 valence electrons. The zero-order valence-corrected chi connectivity index (χ0v) is 12.7. The van der Waals surface area contributed by atoms with Crippen molar-refractivity contribution >= 4 is 0 Å². The summed E-state index contributed by atoms with van der Waals surface area (Å²) < 4.78 is 0. The van der Waals surface area contributed by atoms with E-state index in [0.717, 1.165) is 6.54 Å². The number of aromatic nitrogens is 1. The van der Waals surface area contributed by atoms with E-state index >= 15 is 0 Å². The molecule has 0 aliphatic heterocycles. The van der Waals surface area contributed by atoms with Crippen molar-refractivity contribution in [2.75, 3.05) is 6.54 Å². The van der Waals surface area contributed by atoms with Crippen molar-refractivity contribution < 1.29 is 0 Å². The molecule has 1 saturated carbocycles. The first-order valence-electron chi connectivity index (χ1n) is 7.87. The number of rotatable bonds is 6. The highest BCUT2D eigenvalue weighted by atomic mass is 14.9. The van der Waals surface area contributed by atoms with Crippen molar-refractivity contribution in [1.29, 1.82) is 0 Å². The monoisotopic (exact) mass is 260 g/mol. The molecule has 2 rings (SSSR count). The predicted octanol–water partition coefficient (Wildman–Crippen LogP) is 4.40. The van der Waals surface area contributed by atoms with Gasteiger partial charge in [0.25, 0.3) is 0 Å². The number of pyridine rings is 1. The van der Waals surface area contributed by atoms with Crippen molar-refractivity contribution in [3.05, 3.63) is 29.6 Å². The molecule has 0 aromatic carbocycles. The first-order valence-corrected chi connectivity index (χ1v) is 7.87. The molecule has 2 heteroatoms. The van der Waals surface area contributed by atoms with E-state index in [0.29, 0.717) is 11.5 Å². The molecule has 1 aromatic heterocycles. The molecular weight excluding hydrogens is 232 g/mol. The number of hydrogen-bond donors (Lipinski definition) is 1. The van der Waals surface area contributed by atoms with Crippen LogP contribution in [0.3, 0.4) is 0 Å². The van der Waals surface area contributed by atoms with Gasteiger partial charge >= 0.3 is 0 Å². The Labute approximate surface area is 118 Å². The summed E-state index contributed by atoms with van der Waals surface area (Å²) >= 11 is 0. The standard InChI is InChI=1S/C17H28N2/c1-4-11-19-16(15-13-18-12-8-14(15)3)17(5-2)9-6-7-10-17/h8,12-13,16,19H,4-7,9-11H2,1-3H3. The molecule has 2 nitrogen and oxygen atoms in total. The molecule has 1 fully saturated rings. The molecular formula is C17H28N2. The van der Waals surface area contributed by atoms with E-state index in [1.165, 1.54) is 49.7 Å². The van der Waals surface area contributed by atoms with Crippen LogP contribution in [-0.4, -0.2) is 11.5 Å². The lowest BCUT2D eigenvalue weighted by Gasteiger charge is -2.38. The molecule has 1 atom stereocenters. The van der Waals surface area contributed by atoms with Gasteiger partial charge in [-0.1, -0.05) is 26.7 Å². The van der Waals surface area contributed by atoms with Gasteiger partial charge in [-0.3, -0.25) is 4.98 Å². The van der Waals surface area contributed by atoms with Gasteiger partial charge in [-0.15, -0.1) is 0 Å². The zero-order chi connectivity index (χ0) is 13.7. The van der Waals surface area contributed by atoms with Crippen LogP contribution >= 0.6 is 0 Å². The lowest BCUT2D eigenvalue weighted by molar-refractivity contribution is 0.186. The highest BCUT2D eigenvalue weighted by Crippen LogP contribution is 2.50. The van der Waals surface area contributed by atoms with Crippen LogP contribution in [0.25, 0.3) is 0 Å². The Balaban J connectivity index is 2.32. The second kappa shape index (κ2) is 6.51. The quantitative estimate of drug-likeness (QED) is 0.820. The Hall–Kier alpha value is -0.890. The van der Waals surface area contributed by atoms with Gasteiger partial charge in [0, 0.05) is 18.4 Å². The summed E-state index contributed by atoms with van der Waals surface area (Å²) in [4.78, 5) is 4.37. The minimum Gasteiger partial charge on any atom is -0.309 e. The van der Waals surface area contributed by atoms with Gasteiger partial charge in [-0.05, 0) is 61.8 Å². The van der Waals surface area contributed by atoms with Crippen LogP contribution in [-0.2, 0) is 0 Å². The highest BCUT2D eigenvalue weighted by molar-refractivity contribution is 5.27. The van der Waals surface area contributed by atoms with Gasteiger partial charge in [0.15, 0.2) is 0 Å². The molecule has 1 aliphatic rings. The summed E-state index contributed by atoms with van der Waals surface area (Å²) in [6.45, 7) is 7.92. The number of hydrogen-bond acceptors (Lipinski definition) is 2. The van der Waals surface area contributed by atoms with Crippen LogP contribution in [0.4, 0.5) is 0 Å². The van der Waals surface area contributed by atoms with Gasteiger partial charge < -0.3 is 5.32 Å². The second-order valence-electron chi connectivity index (χ2n) is 6.04. The summed E-state index contributed by atoms with van der Waals surface area (Å²) in [7, 11) is 0. The fourth-order valence-electron chi connectivity index (χ4n) is 3.65. The normalized spacial score (nSPS) is 19.5. The fourth-order valence-corrected chi connectivity index (χ4v) is 3.65. The van der Waals surface area contributed by atoms with Gasteiger partial charge in [0.2, 0.25) is 0 Å². The molecule has 0 bridgehead atoms. The molecule has 1 aromatic rings. The Morgan fingerprint density at radius 1 is 1.32 bits per heavy atom. The molecule has 0 amide bonds. The van der Waals surface area contributed by atoms with Crippen LogP contribution in [0.15, 0.2) is 18.5 Å². The smallest absolute Gasteiger partial charge is 0.0395 e. The molecule has 1 N–H and O–H groups in total. The van der Waals surface area contributed by atoms with Crippen LogP contribution in [0.2, 0.25) is 0 Å². The predicted molar refractivity (Wildman–Crippen MR) is 81.2 cm³/mol. The third-order valence-electron chi connectivity index (χ3n) is 4.90. The van der Waals surface area contributed by atoms with E-state index < -0.39 is 0 Å². The summed E-state index contributed by atoms with van der Waals surface area (Å²) in [5.41, 5.74) is 3.24. The topological polar surface area (TPSA) is 24.9 Å². The second-order valence-corrected chi connectivity index (χ2v) is 6.04. The average molecular weight is 260 g/mol. The first-order chi connectivity index (χ1) is 9.23. The number of nitrogens with one attached hydrogen (secondary N) is 1. The summed E-state index contributed by atoms with van der Waals surface area (Å²) in [6, 6.07) is 2.63. The minimum atomic E-state index is 0.447. The minimum absolute atomic E-state index is 0.447. The third-order valence-corrected chi connectivity index (χ3v) is 4.90. The summed E-state index contributed by atoms with van der Waals surface area (Å²) in [5, 5.41) is 3.82. The Kier molecular flexibility index (Phi) is 4.98. The summed E-state index contributed by atoms with van der Waals surface area (Å²) in [5.74, 6) is 0. The lowest BCUT2D eigenvalue weighted by atomic mass is 9.73. The molecule has 1 heterocycles. The van der Waals surface area contributed by atoms with Crippen LogP contribution < -0.4 is 5.32 Å². The number of aryl methyl sites for hydroxylation is 1. The molecule has 1 unspecified atom stereocenters. The van der Waals surface area contributed by atoms with E-state index in [-0.39, 0.29) is 0 Å². The average Bonchev–Trinajstić information content (AvgIpc) is 2.91. The molecule has 0 saturated heterocycles.